The summed E-state index contributed by atoms with van der Waals surface area (Å²) >= 11 is 0. The molecule has 0 radical (unpaired) electrons. The number of likely N-dealkylation sites (N-methyl/N-ethyl adjacent to an activating group) is 1. The number of carbonyl (C=O) groups is 1. The molecular formula is C7H19N2O3P. The molecule has 0 aliphatic rings. The van der Waals surface area contributed by atoms with Crippen molar-refractivity contribution in [2.45, 2.75) is 12.1 Å². The highest BCUT2D eigenvalue weighted by Crippen LogP contribution is 2.06. The summed E-state index contributed by atoms with van der Waals surface area (Å²) in [5.41, 5.74) is 3.64. The summed E-state index contributed by atoms with van der Waals surface area (Å²) in [5, 5.41) is 19.5. The fourth-order valence-electron chi connectivity index (χ4n) is 1.13. The zero-order chi connectivity index (χ0) is 9.99. The molecule has 0 fully saturated rings. The maximum Gasteiger partial charge on any atom is 0.168 e. The molecule has 0 saturated heterocycles. The van der Waals surface area contributed by atoms with Crippen molar-refractivity contribution in [1.29, 1.82) is 0 Å². The molecule has 0 spiro atoms. The Hall–Kier alpha value is -0.220. The average molecular weight is 210 g/mol. The first-order valence-corrected chi connectivity index (χ1v) is 3.64. The Labute approximate surface area is 81.7 Å². The van der Waals surface area contributed by atoms with Gasteiger partial charge >= 0.3 is 0 Å². The van der Waals surface area contributed by atoms with Crippen molar-refractivity contribution in [1.82, 2.24) is 0 Å². The Morgan fingerprint density at radius 1 is 1.54 bits per heavy atom. The standard InChI is InChI=1S/C7H16N2O3.H3P/c1-9(2,3)5-7(8,12)4-6(10)11;/h12H,4-5,8H2,1-3H3;1H3. The van der Waals surface area contributed by atoms with E-state index in [1.54, 1.807) is 0 Å². The number of nitrogens with two attached hydrogens (primary N) is 1. The maximum absolute atomic E-state index is 10.1. The van der Waals surface area contributed by atoms with Crippen LogP contribution >= 0.6 is 9.90 Å². The zero-order valence-corrected chi connectivity index (χ0v) is 9.82. The van der Waals surface area contributed by atoms with Crippen LogP contribution in [0.2, 0.25) is 0 Å². The number of hydrogen-bond donors (Lipinski definition) is 2. The van der Waals surface area contributed by atoms with Crippen molar-refractivity contribution in [3.63, 3.8) is 0 Å². The average Bonchev–Trinajstić information content (AvgIpc) is 1.48. The molecule has 13 heavy (non-hydrogen) atoms. The lowest BCUT2D eigenvalue weighted by Crippen LogP contribution is -2.56. The summed E-state index contributed by atoms with van der Waals surface area (Å²) in [6.07, 6.45) is -0.539. The minimum absolute atomic E-state index is 0. The number of carbonyl (C=O) groups excluding carboxylic acids is 1. The molecule has 5 nitrogen and oxygen atoms in total. The second-order valence-corrected chi connectivity index (χ2v) is 4.10. The number of aliphatic hydroxyl groups is 1. The number of rotatable bonds is 4. The molecule has 0 aliphatic heterocycles. The summed E-state index contributed by atoms with van der Waals surface area (Å²) in [7, 11) is 5.44. The monoisotopic (exact) mass is 210 g/mol. The van der Waals surface area contributed by atoms with E-state index in [1.165, 1.54) is 0 Å². The van der Waals surface area contributed by atoms with Crippen LogP contribution in [0.4, 0.5) is 0 Å². The topological polar surface area (TPSA) is 86.4 Å². The van der Waals surface area contributed by atoms with Crippen LogP contribution in [0, 0.1) is 0 Å². The van der Waals surface area contributed by atoms with Crippen LogP contribution in [-0.2, 0) is 4.79 Å². The first-order chi connectivity index (χ1) is 5.12. The molecule has 0 rings (SSSR count). The van der Waals surface area contributed by atoms with Crippen molar-refractivity contribution in [3.05, 3.63) is 0 Å². The van der Waals surface area contributed by atoms with Crippen LogP contribution < -0.4 is 10.8 Å². The molecule has 0 aliphatic carbocycles. The van der Waals surface area contributed by atoms with E-state index in [0.717, 1.165) is 0 Å². The molecular weight excluding hydrogens is 191 g/mol. The summed E-state index contributed by atoms with van der Waals surface area (Å²) < 4.78 is 0.403. The fourth-order valence-corrected chi connectivity index (χ4v) is 1.13. The van der Waals surface area contributed by atoms with Gasteiger partial charge in [0.15, 0.2) is 5.72 Å². The lowest BCUT2D eigenvalue weighted by atomic mass is 10.1. The van der Waals surface area contributed by atoms with Gasteiger partial charge in [0.1, 0.15) is 6.54 Å². The molecule has 0 amide bonds. The van der Waals surface area contributed by atoms with E-state index in [1.807, 2.05) is 21.1 Å². The molecule has 3 N–H and O–H groups in total. The largest absolute Gasteiger partial charge is 0.550 e. The van der Waals surface area contributed by atoms with Gasteiger partial charge in [-0.25, -0.2) is 0 Å². The Kier molecular flexibility index (Phi) is 5.71. The van der Waals surface area contributed by atoms with Crippen LogP contribution in [0.3, 0.4) is 0 Å². The Morgan fingerprint density at radius 2 is 1.92 bits per heavy atom. The number of hydrogen-bond acceptors (Lipinski definition) is 4. The van der Waals surface area contributed by atoms with Gasteiger partial charge in [0.25, 0.3) is 0 Å². The van der Waals surface area contributed by atoms with Crippen molar-refractivity contribution in [3.8, 4) is 0 Å². The molecule has 2 unspecified atom stereocenters. The second kappa shape index (κ2) is 4.86. The van der Waals surface area contributed by atoms with Gasteiger partial charge in [0, 0.05) is 12.4 Å². The molecule has 80 valence electrons. The maximum atomic E-state index is 10.1. The first kappa shape index (κ1) is 15.3. The van der Waals surface area contributed by atoms with Crippen LogP contribution in [0.5, 0.6) is 0 Å². The van der Waals surface area contributed by atoms with Gasteiger partial charge < -0.3 is 19.5 Å². The number of aliphatic carboxylic acids is 1. The van der Waals surface area contributed by atoms with E-state index in [2.05, 4.69) is 0 Å². The van der Waals surface area contributed by atoms with E-state index < -0.39 is 18.1 Å². The van der Waals surface area contributed by atoms with Crippen LogP contribution in [0.15, 0.2) is 0 Å². The molecule has 0 saturated carbocycles. The molecule has 0 aromatic heterocycles. The number of carboxylic acid groups (broad SMARTS) is 1. The van der Waals surface area contributed by atoms with E-state index in [4.69, 9.17) is 5.73 Å². The van der Waals surface area contributed by atoms with Gasteiger partial charge in [0.2, 0.25) is 0 Å². The third kappa shape index (κ3) is 9.70. The van der Waals surface area contributed by atoms with Crippen molar-refractivity contribution in [2.24, 2.45) is 5.73 Å². The lowest BCUT2D eigenvalue weighted by molar-refractivity contribution is -0.877. The lowest BCUT2D eigenvalue weighted by Gasteiger charge is -2.32. The minimum atomic E-state index is -1.68. The number of nitrogens with zero attached hydrogens (tertiary/aromatic N) is 1. The normalized spacial score (nSPS) is 15.8. The predicted molar refractivity (Wildman–Crippen MR) is 52.8 cm³/mol. The number of carboxylic acids is 1. The SMILES string of the molecule is C[N+](C)(C)CC(N)(O)CC(=O)[O-].P. The van der Waals surface area contributed by atoms with Crippen LogP contribution in [-0.4, -0.2) is 49.0 Å². The van der Waals surface area contributed by atoms with Gasteiger partial charge in [-0.15, -0.1) is 0 Å². The third-order valence-corrected chi connectivity index (χ3v) is 1.20. The van der Waals surface area contributed by atoms with Crippen LogP contribution in [0.25, 0.3) is 0 Å². The van der Waals surface area contributed by atoms with Gasteiger partial charge in [-0.2, -0.15) is 9.90 Å². The molecule has 0 bridgehead atoms. The smallest absolute Gasteiger partial charge is 0.168 e. The van der Waals surface area contributed by atoms with E-state index in [-0.39, 0.29) is 16.4 Å². The summed E-state index contributed by atoms with van der Waals surface area (Å²) in [4.78, 5) is 10.1. The minimum Gasteiger partial charge on any atom is -0.550 e. The highest BCUT2D eigenvalue weighted by Gasteiger charge is 2.28. The molecule has 0 aromatic rings. The predicted octanol–water partition coefficient (Wildman–Crippen LogP) is -2.46. The third-order valence-electron chi connectivity index (χ3n) is 1.20. The molecule has 0 heterocycles. The Morgan fingerprint density at radius 3 is 2.15 bits per heavy atom. The van der Waals surface area contributed by atoms with Crippen molar-refractivity contribution in [2.75, 3.05) is 27.7 Å². The van der Waals surface area contributed by atoms with Crippen molar-refractivity contribution < 1.29 is 19.5 Å². The first-order valence-electron chi connectivity index (χ1n) is 3.64. The van der Waals surface area contributed by atoms with Crippen molar-refractivity contribution >= 4 is 15.9 Å². The van der Waals surface area contributed by atoms with Crippen LogP contribution in [0.1, 0.15) is 6.42 Å². The quantitative estimate of drug-likeness (QED) is 0.306. The second-order valence-electron chi connectivity index (χ2n) is 4.10. The Bertz CT molecular complexity index is 177. The van der Waals surface area contributed by atoms with E-state index in [0.29, 0.717) is 4.48 Å². The highest BCUT2D eigenvalue weighted by molar-refractivity contribution is 6.92. The Balaban J connectivity index is 0. The highest BCUT2D eigenvalue weighted by atomic mass is 31.0. The molecule has 2 atom stereocenters. The zero-order valence-electron chi connectivity index (χ0n) is 8.41. The summed E-state index contributed by atoms with van der Waals surface area (Å²) in [6, 6.07) is 0. The van der Waals surface area contributed by atoms with Gasteiger partial charge in [-0.3, -0.25) is 5.73 Å². The van der Waals surface area contributed by atoms with Gasteiger partial charge in [0.05, 0.1) is 21.1 Å². The van der Waals surface area contributed by atoms with E-state index in [9.17, 15) is 15.0 Å². The number of quaternary nitrogens is 1. The van der Waals surface area contributed by atoms with Gasteiger partial charge in [-0.05, 0) is 0 Å². The summed E-state index contributed by atoms with van der Waals surface area (Å²) in [5.74, 6) is -1.34. The van der Waals surface area contributed by atoms with Gasteiger partial charge in [-0.1, -0.05) is 0 Å². The summed E-state index contributed by atoms with van der Waals surface area (Å²) in [6.45, 7) is 0.168. The van der Waals surface area contributed by atoms with E-state index >= 15 is 0 Å². The molecule has 0 aromatic carbocycles. The molecule has 6 heteroatoms. The fraction of sp³-hybridized carbons (Fsp3) is 0.857.